The van der Waals surface area contributed by atoms with Crippen LogP contribution in [0.5, 0.6) is 0 Å². The molecule has 24 heavy (non-hydrogen) atoms. The van der Waals surface area contributed by atoms with Crippen molar-refractivity contribution in [1.29, 1.82) is 0 Å². The fourth-order valence-corrected chi connectivity index (χ4v) is 3.56. The molecule has 1 N–H and O–H groups in total. The highest BCUT2D eigenvalue weighted by Gasteiger charge is 2.21. The highest BCUT2D eigenvalue weighted by atomic mass is 16.1. The fraction of sp³-hybridized carbons (Fsp3) is 0.300. The van der Waals surface area contributed by atoms with Gasteiger partial charge >= 0.3 is 0 Å². The number of amides is 1. The van der Waals surface area contributed by atoms with Crippen LogP contribution in [0.15, 0.2) is 48.5 Å². The van der Waals surface area contributed by atoms with Gasteiger partial charge in [0, 0.05) is 11.6 Å². The molecule has 0 spiro atoms. The zero-order valence-corrected chi connectivity index (χ0v) is 13.8. The van der Waals surface area contributed by atoms with Gasteiger partial charge in [-0.2, -0.15) is 5.10 Å². The Morgan fingerprint density at radius 3 is 2.62 bits per heavy atom. The predicted octanol–water partition coefficient (Wildman–Crippen LogP) is 4.71. The number of rotatable bonds is 3. The Labute approximate surface area is 141 Å². The Morgan fingerprint density at radius 2 is 1.83 bits per heavy atom. The van der Waals surface area contributed by atoms with Crippen LogP contribution < -0.4 is 5.32 Å². The molecule has 0 aliphatic heterocycles. The second-order valence-electron chi connectivity index (χ2n) is 6.57. The first-order valence-electron chi connectivity index (χ1n) is 8.57. The topological polar surface area (TPSA) is 46.9 Å². The van der Waals surface area contributed by atoms with Crippen molar-refractivity contribution < 1.29 is 4.79 Å². The number of anilines is 1. The number of aromatic nitrogens is 2. The molecule has 0 atom stereocenters. The van der Waals surface area contributed by atoms with Gasteiger partial charge in [0.05, 0.1) is 11.7 Å². The largest absolute Gasteiger partial charge is 0.307 e. The van der Waals surface area contributed by atoms with Gasteiger partial charge in [0.25, 0.3) is 5.91 Å². The first kappa shape index (κ1) is 14.9. The third kappa shape index (κ3) is 2.80. The highest BCUT2D eigenvalue weighted by Crippen LogP contribution is 2.32. The molecule has 4 nitrogen and oxygen atoms in total. The third-order valence-electron chi connectivity index (χ3n) is 4.78. The summed E-state index contributed by atoms with van der Waals surface area (Å²) in [6.45, 7) is 1.97. The minimum atomic E-state index is -0.0834. The number of fused-ring (bicyclic) bond motifs is 1. The van der Waals surface area contributed by atoms with Gasteiger partial charge in [-0.15, -0.1) is 0 Å². The monoisotopic (exact) mass is 319 g/mol. The van der Waals surface area contributed by atoms with Crippen molar-refractivity contribution in [3.8, 4) is 0 Å². The number of carbonyl (C=O) groups is 1. The second kappa shape index (κ2) is 6.11. The number of aryl methyl sites for hydroxylation is 1. The van der Waals surface area contributed by atoms with Crippen molar-refractivity contribution in [2.75, 3.05) is 5.32 Å². The Hall–Kier alpha value is -2.62. The van der Waals surface area contributed by atoms with E-state index in [4.69, 9.17) is 0 Å². The van der Waals surface area contributed by atoms with Crippen LogP contribution in [0.2, 0.25) is 0 Å². The van der Waals surface area contributed by atoms with E-state index in [1.807, 2.05) is 54.1 Å². The minimum Gasteiger partial charge on any atom is -0.307 e. The molecule has 3 aromatic rings. The number of hydrogen-bond donors (Lipinski definition) is 1. The molecule has 0 radical (unpaired) electrons. The minimum absolute atomic E-state index is 0.0834. The van der Waals surface area contributed by atoms with Gasteiger partial charge in [-0.1, -0.05) is 43.2 Å². The lowest BCUT2D eigenvalue weighted by atomic mass is 10.1. The average molecular weight is 319 g/mol. The van der Waals surface area contributed by atoms with Crippen molar-refractivity contribution in [2.24, 2.45) is 0 Å². The molecular weight excluding hydrogens is 298 g/mol. The summed E-state index contributed by atoms with van der Waals surface area (Å²) >= 11 is 0. The molecule has 0 bridgehead atoms. The Bertz CT molecular complexity index is 891. The Kier molecular flexibility index (Phi) is 3.81. The van der Waals surface area contributed by atoms with Crippen LogP contribution in [0.4, 0.5) is 5.82 Å². The molecule has 1 aliphatic carbocycles. The fourth-order valence-electron chi connectivity index (χ4n) is 3.56. The summed E-state index contributed by atoms with van der Waals surface area (Å²) in [5.74, 6) is 0.720. The van der Waals surface area contributed by atoms with Crippen LogP contribution in [0, 0.1) is 6.92 Å². The Balaban J connectivity index is 1.61. The SMILES string of the molecule is Cc1cc(NC(=O)c2ccc3ccccc3c2)n(C2CCCC2)n1. The Morgan fingerprint density at radius 1 is 1.08 bits per heavy atom. The predicted molar refractivity (Wildman–Crippen MR) is 96.4 cm³/mol. The van der Waals surface area contributed by atoms with E-state index in [1.54, 1.807) is 0 Å². The number of hydrogen-bond acceptors (Lipinski definition) is 2. The number of benzene rings is 2. The molecule has 1 saturated carbocycles. The van der Waals surface area contributed by atoms with Crippen molar-refractivity contribution in [1.82, 2.24) is 9.78 Å². The normalized spacial score (nSPS) is 15.0. The lowest BCUT2D eigenvalue weighted by Crippen LogP contribution is -2.17. The number of carbonyl (C=O) groups excluding carboxylic acids is 1. The molecule has 4 rings (SSSR count). The van der Waals surface area contributed by atoms with Gasteiger partial charge in [0.2, 0.25) is 0 Å². The number of nitrogens with one attached hydrogen (secondary N) is 1. The zero-order chi connectivity index (χ0) is 16.5. The van der Waals surface area contributed by atoms with Crippen molar-refractivity contribution in [3.63, 3.8) is 0 Å². The maximum absolute atomic E-state index is 12.7. The molecule has 122 valence electrons. The molecule has 0 saturated heterocycles. The summed E-state index contributed by atoms with van der Waals surface area (Å²) in [6, 6.07) is 16.2. The number of nitrogens with zero attached hydrogens (tertiary/aromatic N) is 2. The molecular formula is C20H21N3O. The van der Waals surface area contributed by atoms with Gasteiger partial charge in [0.1, 0.15) is 5.82 Å². The highest BCUT2D eigenvalue weighted by molar-refractivity contribution is 6.06. The lowest BCUT2D eigenvalue weighted by molar-refractivity contribution is 0.102. The molecule has 1 fully saturated rings. The maximum atomic E-state index is 12.7. The van der Waals surface area contributed by atoms with Gasteiger partial charge < -0.3 is 5.32 Å². The van der Waals surface area contributed by atoms with E-state index >= 15 is 0 Å². The van der Waals surface area contributed by atoms with Crippen molar-refractivity contribution >= 4 is 22.5 Å². The smallest absolute Gasteiger partial charge is 0.256 e. The van der Waals surface area contributed by atoms with Crippen LogP contribution in [0.25, 0.3) is 10.8 Å². The van der Waals surface area contributed by atoms with E-state index in [1.165, 1.54) is 12.8 Å². The van der Waals surface area contributed by atoms with E-state index in [9.17, 15) is 4.79 Å². The van der Waals surface area contributed by atoms with Crippen molar-refractivity contribution in [2.45, 2.75) is 38.6 Å². The van der Waals surface area contributed by atoms with Gasteiger partial charge in [-0.3, -0.25) is 4.79 Å². The molecule has 1 aromatic heterocycles. The van der Waals surface area contributed by atoms with Crippen LogP contribution >= 0.6 is 0 Å². The van der Waals surface area contributed by atoms with E-state index in [2.05, 4.69) is 16.5 Å². The van der Waals surface area contributed by atoms with Crippen LogP contribution in [-0.4, -0.2) is 15.7 Å². The molecule has 1 aliphatic rings. The summed E-state index contributed by atoms with van der Waals surface area (Å²) in [6.07, 6.45) is 4.75. The standard InChI is InChI=1S/C20H21N3O/c1-14-12-19(23(22-14)18-8-4-5-9-18)21-20(24)17-11-10-15-6-2-3-7-16(15)13-17/h2-3,6-7,10-13,18H,4-5,8-9H2,1H3,(H,21,24). The molecule has 0 unspecified atom stereocenters. The first-order valence-corrected chi connectivity index (χ1v) is 8.57. The lowest BCUT2D eigenvalue weighted by Gasteiger charge is -2.14. The maximum Gasteiger partial charge on any atom is 0.256 e. The van der Waals surface area contributed by atoms with Gasteiger partial charge in [0.15, 0.2) is 0 Å². The zero-order valence-electron chi connectivity index (χ0n) is 13.8. The summed E-state index contributed by atoms with van der Waals surface area (Å²) < 4.78 is 2.00. The van der Waals surface area contributed by atoms with Crippen LogP contribution in [0.3, 0.4) is 0 Å². The summed E-state index contributed by atoms with van der Waals surface area (Å²) in [4.78, 5) is 12.7. The van der Waals surface area contributed by atoms with Gasteiger partial charge in [-0.25, -0.2) is 4.68 Å². The first-order chi connectivity index (χ1) is 11.7. The van der Waals surface area contributed by atoms with E-state index in [-0.39, 0.29) is 5.91 Å². The van der Waals surface area contributed by atoms with E-state index < -0.39 is 0 Å². The van der Waals surface area contributed by atoms with Crippen molar-refractivity contribution in [3.05, 3.63) is 59.8 Å². The molecule has 4 heteroatoms. The molecule has 1 amide bonds. The molecule has 1 heterocycles. The van der Waals surface area contributed by atoms with E-state index in [0.29, 0.717) is 11.6 Å². The summed E-state index contributed by atoms with van der Waals surface area (Å²) in [5, 5.41) is 9.86. The van der Waals surface area contributed by atoms with Gasteiger partial charge in [-0.05, 0) is 42.7 Å². The molecule has 2 aromatic carbocycles. The van der Waals surface area contributed by atoms with Crippen LogP contribution in [0.1, 0.15) is 47.8 Å². The third-order valence-corrected chi connectivity index (χ3v) is 4.78. The van der Waals surface area contributed by atoms with E-state index in [0.717, 1.165) is 35.1 Å². The second-order valence-corrected chi connectivity index (χ2v) is 6.57. The van der Waals surface area contributed by atoms with Crippen LogP contribution in [-0.2, 0) is 0 Å². The summed E-state index contributed by atoms with van der Waals surface area (Å²) in [7, 11) is 0. The average Bonchev–Trinajstić information content (AvgIpc) is 3.24. The quantitative estimate of drug-likeness (QED) is 0.760. The summed E-state index contributed by atoms with van der Waals surface area (Å²) in [5.41, 5.74) is 1.61.